The number of aryl methyl sites for hydroxylation is 1. The van der Waals surface area contributed by atoms with Gasteiger partial charge in [0, 0.05) is 18.0 Å². The van der Waals surface area contributed by atoms with Crippen LogP contribution in [0.3, 0.4) is 0 Å². The van der Waals surface area contributed by atoms with Gasteiger partial charge in [0.2, 0.25) is 0 Å². The standard InChI is InChI=1S/C19H25NO2/c1-14-5-8-16(9-6-14)19(2,13-20)12-15-7-10-17(21-3)11-18(15)22-4/h5-11H,12-13,20H2,1-4H3. The molecular weight excluding hydrogens is 274 g/mol. The van der Waals surface area contributed by atoms with E-state index in [0.717, 1.165) is 23.5 Å². The minimum absolute atomic E-state index is 0.129. The van der Waals surface area contributed by atoms with Crippen LogP contribution in [0.5, 0.6) is 11.5 Å². The van der Waals surface area contributed by atoms with Crippen molar-refractivity contribution in [3.63, 3.8) is 0 Å². The van der Waals surface area contributed by atoms with Crippen molar-refractivity contribution in [3.05, 3.63) is 59.2 Å². The highest BCUT2D eigenvalue weighted by Gasteiger charge is 2.27. The number of hydrogen-bond acceptors (Lipinski definition) is 3. The summed E-state index contributed by atoms with van der Waals surface area (Å²) in [5.41, 5.74) is 9.62. The lowest BCUT2D eigenvalue weighted by molar-refractivity contribution is 0.384. The predicted molar refractivity (Wildman–Crippen MR) is 90.8 cm³/mol. The van der Waals surface area contributed by atoms with Gasteiger partial charge in [-0.15, -0.1) is 0 Å². The molecule has 0 aliphatic heterocycles. The molecule has 3 heteroatoms. The maximum Gasteiger partial charge on any atom is 0.125 e. The van der Waals surface area contributed by atoms with E-state index in [9.17, 15) is 0 Å². The van der Waals surface area contributed by atoms with E-state index in [1.807, 2.05) is 12.1 Å². The van der Waals surface area contributed by atoms with Gasteiger partial charge in [-0.2, -0.15) is 0 Å². The Balaban J connectivity index is 2.35. The average molecular weight is 299 g/mol. The van der Waals surface area contributed by atoms with Gasteiger partial charge in [0.15, 0.2) is 0 Å². The van der Waals surface area contributed by atoms with Gasteiger partial charge in [-0.1, -0.05) is 42.8 Å². The van der Waals surface area contributed by atoms with E-state index in [1.165, 1.54) is 11.1 Å². The fraction of sp³-hybridized carbons (Fsp3) is 0.368. The summed E-state index contributed by atoms with van der Waals surface area (Å²) in [6, 6.07) is 14.5. The number of rotatable bonds is 6. The van der Waals surface area contributed by atoms with Crippen LogP contribution in [-0.2, 0) is 11.8 Å². The molecule has 118 valence electrons. The topological polar surface area (TPSA) is 44.5 Å². The second-order valence-corrected chi connectivity index (χ2v) is 5.99. The quantitative estimate of drug-likeness (QED) is 0.888. The van der Waals surface area contributed by atoms with Gasteiger partial charge in [-0.3, -0.25) is 0 Å². The van der Waals surface area contributed by atoms with E-state index in [-0.39, 0.29) is 5.41 Å². The van der Waals surface area contributed by atoms with Crippen LogP contribution in [0.4, 0.5) is 0 Å². The lowest BCUT2D eigenvalue weighted by atomic mass is 9.77. The molecule has 1 atom stereocenters. The third kappa shape index (κ3) is 3.42. The Bertz CT molecular complexity index is 622. The molecule has 2 aromatic rings. The lowest BCUT2D eigenvalue weighted by Gasteiger charge is -2.29. The van der Waals surface area contributed by atoms with Crippen molar-refractivity contribution in [1.29, 1.82) is 0 Å². The molecule has 0 aliphatic rings. The first-order valence-electron chi connectivity index (χ1n) is 7.50. The smallest absolute Gasteiger partial charge is 0.125 e. The summed E-state index contributed by atoms with van der Waals surface area (Å²) in [5, 5.41) is 0. The SMILES string of the molecule is COc1ccc(CC(C)(CN)c2ccc(C)cc2)c(OC)c1. The summed E-state index contributed by atoms with van der Waals surface area (Å²) >= 11 is 0. The molecule has 0 saturated heterocycles. The van der Waals surface area contributed by atoms with Crippen LogP contribution in [0.1, 0.15) is 23.6 Å². The van der Waals surface area contributed by atoms with Crippen LogP contribution in [0.25, 0.3) is 0 Å². The van der Waals surface area contributed by atoms with E-state index in [1.54, 1.807) is 14.2 Å². The highest BCUT2D eigenvalue weighted by molar-refractivity contribution is 5.43. The Kier molecular flexibility index (Phi) is 5.09. The van der Waals surface area contributed by atoms with Crippen LogP contribution in [0, 0.1) is 6.92 Å². The van der Waals surface area contributed by atoms with Crippen molar-refractivity contribution < 1.29 is 9.47 Å². The zero-order valence-electron chi connectivity index (χ0n) is 13.8. The molecule has 0 heterocycles. The number of nitrogens with two attached hydrogens (primary N) is 1. The Morgan fingerprint density at radius 2 is 1.68 bits per heavy atom. The zero-order valence-corrected chi connectivity index (χ0v) is 13.8. The van der Waals surface area contributed by atoms with Gasteiger partial charge in [-0.25, -0.2) is 0 Å². The van der Waals surface area contributed by atoms with E-state index < -0.39 is 0 Å². The molecule has 0 fully saturated rings. The van der Waals surface area contributed by atoms with Crippen LogP contribution >= 0.6 is 0 Å². The molecule has 2 aromatic carbocycles. The first-order valence-corrected chi connectivity index (χ1v) is 7.50. The van der Waals surface area contributed by atoms with E-state index in [2.05, 4.69) is 44.2 Å². The number of hydrogen-bond donors (Lipinski definition) is 1. The molecule has 0 aliphatic carbocycles. The van der Waals surface area contributed by atoms with Gasteiger partial charge < -0.3 is 15.2 Å². The van der Waals surface area contributed by atoms with Gasteiger partial charge >= 0.3 is 0 Å². The summed E-state index contributed by atoms with van der Waals surface area (Å²) in [4.78, 5) is 0. The zero-order chi connectivity index (χ0) is 16.2. The predicted octanol–water partition coefficient (Wildman–Crippen LogP) is 3.47. The largest absolute Gasteiger partial charge is 0.497 e. The van der Waals surface area contributed by atoms with Crippen LogP contribution < -0.4 is 15.2 Å². The van der Waals surface area contributed by atoms with Gasteiger partial charge in [-0.05, 0) is 30.5 Å². The maximum absolute atomic E-state index is 6.11. The molecule has 0 radical (unpaired) electrons. The number of ether oxygens (including phenoxy) is 2. The second-order valence-electron chi connectivity index (χ2n) is 5.99. The van der Waals surface area contributed by atoms with Crippen LogP contribution in [0.15, 0.2) is 42.5 Å². The van der Waals surface area contributed by atoms with Crippen molar-refractivity contribution in [1.82, 2.24) is 0 Å². The number of methoxy groups -OCH3 is 2. The van der Waals surface area contributed by atoms with E-state index in [0.29, 0.717) is 6.54 Å². The summed E-state index contributed by atoms with van der Waals surface area (Å²) in [6.07, 6.45) is 0.819. The molecule has 3 nitrogen and oxygen atoms in total. The summed E-state index contributed by atoms with van der Waals surface area (Å²) < 4.78 is 10.8. The van der Waals surface area contributed by atoms with Crippen LogP contribution in [0.2, 0.25) is 0 Å². The fourth-order valence-corrected chi connectivity index (χ4v) is 2.67. The van der Waals surface area contributed by atoms with Gasteiger partial charge in [0.25, 0.3) is 0 Å². The Morgan fingerprint density at radius 1 is 1.00 bits per heavy atom. The normalized spacial score (nSPS) is 13.5. The summed E-state index contributed by atoms with van der Waals surface area (Å²) in [6.45, 7) is 4.86. The molecule has 0 aromatic heterocycles. The number of benzene rings is 2. The lowest BCUT2D eigenvalue weighted by Crippen LogP contribution is -2.34. The minimum atomic E-state index is -0.129. The maximum atomic E-state index is 6.11. The Labute approximate surface area is 133 Å². The molecule has 0 bridgehead atoms. The third-order valence-corrected chi connectivity index (χ3v) is 4.27. The van der Waals surface area contributed by atoms with Crippen LogP contribution in [-0.4, -0.2) is 20.8 Å². The molecule has 0 saturated carbocycles. The van der Waals surface area contributed by atoms with E-state index >= 15 is 0 Å². The molecule has 22 heavy (non-hydrogen) atoms. The monoisotopic (exact) mass is 299 g/mol. The highest BCUT2D eigenvalue weighted by Crippen LogP contribution is 2.33. The Morgan fingerprint density at radius 3 is 2.23 bits per heavy atom. The minimum Gasteiger partial charge on any atom is -0.497 e. The first-order chi connectivity index (χ1) is 10.5. The molecule has 2 N–H and O–H groups in total. The third-order valence-electron chi connectivity index (χ3n) is 4.27. The highest BCUT2D eigenvalue weighted by atomic mass is 16.5. The first kappa shape index (κ1) is 16.4. The average Bonchev–Trinajstić information content (AvgIpc) is 2.55. The second kappa shape index (κ2) is 6.84. The van der Waals surface area contributed by atoms with Crippen molar-refractivity contribution >= 4 is 0 Å². The molecule has 0 amide bonds. The fourth-order valence-electron chi connectivity index (χ4n) is 2.67. The van der Waals surface area contributed by atoms with Crippen molar-refractivity contribution in [2.75, 3.05) is 20.8 Å². The van der Waals surface area contributed by atoms with Gasteiger partial charge in [0.1, 0.15) is 11.5 Å². The molecule has 0 spiro atoms. The summed E-state index contributed by atoms with van der Waals surface area (Å²) in [5.74, 6) is 1.64. The Hall–Kier alpha value is -2.00. The molecule has 2 rings (SSSR count). The van der Waals surface area contributed by atoms with Gasteiger partial charge in [0.05, 0.1) is 14.2 Å². The van der Waals surface area contributed by atoms with E-state index in [4.69, 9.17) is 15.2 Å². The van der Waals surface area contributed by atoms with Crippen molar-refractivity contribution in [2.45, 2.75) is 25.7 Å². The summed E-state index contributed by atoms with van der Waals surface area (Å²) in [7, 11) is 3.34. The van der Waals surface area contributed by atoms with Crippen molar-refractivity contribution in [3.8, 4) is 11.5 Å². The molecule has 1 unspecified atom stereocenters. The molecular formula is C19H25NO2. The van der Waals surface area contributed by atoms with Crippen molar-refractivity contribution in [2.24, 2.45) is 5.73 Å².